The standard InChI is InChI=1S/C20H25N3O3/c1-20(12-17(22-26-20)14-6-3-2-4-7-14)19(25)23(16-9-10-16)18(24)15-8-5-11-21-13-15/h2-4,6-7,15-16,21H,5,8-13H2,1H3. The van der Waals surface area contributed by atoms with E-state index in [-0.39, 0.29) is 23.8 Å². The highest BCUT2D eigenvalue weighted by atomic mass is 16.7. The fourth-order valence-electron chi connectivity index (χ4n) is 3.73. The molecular formula is C20H25N3O3. The molecule has 1 aromatic rings. The molecule has 1 saturated carbocycles. The molecule has 26 heavy (non-hydrogen) atoms. The molecule has 1 aliphatic carbocycles. The Morgan fingerprint density at radius 3 is 2.65 bits per heavy atom. The third kappa shape index (κ3) is 3.26. The van der Waals surface area contributed by atoms with E-state index in [2.05, 4.69) is 10.5 Å². The highest BCUT2D eigenvalue weighted by molar-refractivity contribution is 6.08. The van der Waals surface area contributed by atoms with E-state index in [0.29, 0.717) is 13.0 Å². The van der Waals surface area contributed by atoms with Crippen molar-refractivity contribution >= 4 is 17.5 Å². The molecule has 0 aromatic heterocycles. The second-order valence-corrected chi connectivity index (χ2v) is 7.69. The van der Waals surface area contributed by atoms with E-state index in [0.717, 1.165) is 43.5 Å². The first-order valence-corrected chi connectivity index (χ1v) is 9.47. The number of nitrogens with one attached hydrogen (secondary N) is 1. The number of rotatable bonds is 4. The molecule has 1 N–H and O–H groups in total. The van der Waals surface area contributed by atoms with Crippen LogP contribution in [0.2, 0.25) is 0 Å². The Hall–Kier alpha value is -2.21. The van der Waals surface area contributed by atoms with E-state index >= 15 is 0 Å². The van der Waals surface area contributed by atoms with Gasteiger partial charge in [0.05, 0.1) is 11.6 Å². The molecule has 0 spiro atoms. The summed E-state index contributed by atoms with van der Waals surface area (Å²) in [4.78, 5) is 33.4. The summed E-state index contributed by atoms with van der Waals surface area (Å²) >= 11 is 0. The van der Waals surface area contributed by atoms with Crippen LogP contribution >= 0.6 is 0 Å². The third-order valence-corrected chi connectivity index (χ3v) is 5.44. The molecule has 0 bridgehead atoms. The average Bonchev–Trinajstić information content (AvgIpc) is 3.43. The Kier molecular flexibility index (Phi) is 4.53. The summed E-state index contributed by atoms with van der Waals surface area (Å²) < 4.78 is 0. The molecule has 2 atom stereocenters. The van der Waals surface area contributed by atoms with Gasteiger partial charge in [0.25, 0.3) is 5.91 Å². The van der Waals surface area contributed by atoms with Gasteiger partial charge in [0.2, 0.25) is 11.5 Å². The molecule has 2 heterocycles. The molecular weight excluding hydrogens is 330 g/mol. The Labute approximate surface area is 153 Å². The van der Waals surface area contributed by atoms with Crippen LogP contribution < -0.4 is 5.32 Å². The molecule has 3 aliphatic rings. The lowest BCUT2D eigenvalue weighted by Crippen LogP contribution is -2.54. The van der Waals surface area contributed by atoms with Crippen LogP contribution in [0.25, 0.3) is 0 Å². The molecule has 4 rings (SSSR count). The van der Waals surface area contributed by atoms with Crippen molar-refractivity contribution in [3.8, 4) is 0 Å². The van der Waals surface area contributed by atoms with Crippen LogP contribution in [-0.2, 0) is 14.4 Å². The van der Waals surface area contributed by atoms with Crippen LogP contribution in [-0.4, -0.2) is 47.2 Å². The van der Waals surface area contributed by atoms with E-state index in [9.17, 15) is 9.59 Å². The lowest BCUT2D eigenvalue weighted by Gasteiger charge is -2.32. The number of amides is 2. The van der Waals surface area contributed by atoms with Gasteiger partial charge in [-0.3, -0.25) is 14.5 Å². The zero-order valence-corrected chi connectivity index (χ0v) is 15.1. The predicted octanol–water partition coefficient (Wildman–Crippen LogP) is 2.09. The molecule has 2 amide bonds. The van der Waals surface area contributed by atoms with Crippen LogP contribution in [0.15, 0.2) is 35.5 Å². The fourth-order valence-corrected chi connectivity index (χ4v) is 3.73. The number of benzene rings is 1. The van der Waals surface area contributed by atoms with Crippen molar-refractivity contribution in [2.75, 3.05) is 13.1 Å². The monoisotopic (exact) mass is 355 g/mol. The Bertz CT molecular complexity index is 723. The van der Waals surface area contributed by atoms with Crippen molar-refractivity contribution in [1.82, 2.24) is 10.2 Å². The van der Waals surface area contributed by atoms with Crippen LogP contribution in [0.3, 0.4) is 0 Å². The SMILES string of the molecule is CC1(C(=O)N(C(=O)C2CCCNC2)C2CC2)CC(c2ccccc2)=NO1. The molecule has 6 nitrogen and oxygen atoms in total. The van der Waals surface area contributed by atoms with Crippen molar-refractivity contribution < 1.29 is 14.4 Å². The predicted molar refractivity (Wildman–Crippen MR) is 97.6 cm³/mol. The summed E-state index contributed by atoms with van der Waals surface area (Å²) in [7, 11) is 0. The normalized spacial score (nSPS) is 28.2. The number of hydrogen-bond donors (Lipinski definition) is 1. The van der Waals surface area contributed by atoms with Gasteiger partial charge in [-0.1, -0.05) is 35.5 Å². The summed E-state index contributed by atoms with van der Waals surface area (Å²) in [6, 6.07) is 9.75. The second kappa shape index (κ2) is 6.83. The number of piperidine rings is 1. The fraction of sp³-hybridized carbons (Fsp3) is 0.550. The van der Waals surface area contributed by atoms with Crippen molar-refractivity contribution in [2.24, 2.45) is 11.1 Å². The van der Waals surface area contributed by atoms with Crippen LogP contribution in [0.5, 0.6) is 0 Å². The van der Waals surface area contributed by atoms with Gasteiger partial charge in [-0.25, -0.2) is 0 Å². The first kappa shape index (κ1) is 17.2. The highest BCUT2D eigenvalue weighted by Crippen LogP contribution is 2.35. The van der Waals surface area contributed by atoms with Gasteiger partial charge >= 0.3 is 0 Å². The Morgan fingerprint density at radius 1 is 1.23 bits per heavy atom. The van der Waals surface area contributed by atoms with Gasteiger partial charge < -0.3 is 10.2 Å². The summed E-state index contributed by atoms with van der Waals surface area (Å²) in [5, 5.41) is 7.42. The zero-order valence-electron chi connectivity index (χ0n) is 15.1. The number of nitrogens with zero attached hydrogens (tertiary/aromatic N) is 2. The maximum Gasteiger partial charge on any atom is 0.276 e. The minimum Gasteiger partial charge on any atom is -0.379 e. The van der Waals surface area contributed by atoms with Crippen LogP contribution in [0.1, 0.15) is 44.6 Å². The van der Waals surface area contributed by atoms with Gasteiger partial charge in [0.1, 0.15) is 0 Å². The maximum absolute atomic E-state index is 13.3. The lowest BCUT2D eigenvalue weighted by atomic mass is 9.92. The molecule has 138 valence electrons. The number of carbonyl (C=O) groups is 2. The third-order valence-electron chi connectivity index (χ3n) is 5.44. The van der Waals surface area contributed by atoms with E-state index < -0.39 is 5.60 Å². The maximum atomic E-state index is 13.3. The Morgan fingerprint density at radius 2 is 2.00 bits per heavy atom. The van der Waals surface area contributed by atoms with E-state index in [1.165, 1.54) is 4.90 Å². The van der Waals surface area contributed by atoms with Gasteiger partial charge in [-0.2, -0.15) is 0 Å². The Balaban J connectivity index is 1.50. The van der Waals surface area contributed by atoms with E-state index in [1.807, 2.05) is 30.3 Å². The molecule has 1 saturated heterocycles. The van der Waals surface area contributed by atoms with E-state index in [1.54, 1.807) is 6.92 Å². The second-order valence-electron chi connectivity index (χ2n) is 7.69. The number of imide groups is 1. The number of oxime groups is 1. The molecule has 2 fully saturated rings. The van der Waals surface area contributed by atoms with Crippen LogP contribution in [0, 0.1) is 5.92 Å². The summed E-state index contributed by atoms with van der Waals surface area (Å²) in [6.07, 6.45) is 3.97. The molecule has 2 unspecified atom stereocenters. The van der Waals surface area contributed by atoms with Gasteiger partial charge in [-0.05, 0) is 44.7 Å². The minimum absolute atomic E-state index is 0.0260. The van der Waals surface area contributed by atoms with Crippen molar-refractivity contribution in [1.29, 1.82) is 0 Å². The van der Waals surface area contributed by atoms with Gasteiger partial charge in [0, 0.05) is 19.0 Å². The topological polar surface area (TPSA) is 71.0 Å². The van der Waals surface area contributed by atoms with Crippen molar-refractivity contribution in [2.45, 2.75) is 50.7 Å². The molecule has 2 aliphatic heterocycles. The quantitative estimate of drug-likeness (QED) is 0.840. The smallest absolute Gasteiger partial charge is 0.276 e. The minimum atomic E-state index is -1.11. The summed E-state index contributed by atoms with van der Waals surface area (Å²) in [5.74, 6) is -0.416. The van der Waals surface area contributed by atoms with Crippen molar-refractivity contribution in [3.63, 3.8) is 0 Å². The molecule has 0 radical (unpaired) electrons. The average molecular weight is 355 g/mol. The van der Waals surface area contributed by atoms with Crippen molar-refractivity contribution in [3.05, 3.63) is 35.9 Å². The first-order chi connectivity index (χ1) is 12.6. The van der Waals surface area contributed by atoms with Crippen LogP contribution in [0.4, 0.5) is 0 Å². The van der Waals surface area contributed by atoms with E-state index in [4.69, 9.17) is 4.84 Å². The zero-order chi connectivity index (χ0) is 18.1. The van der Waals surface area contributed by atoms with Gasteiger partial charge in [-0.15, -0.1) is 0 Å². The molecule has 1 aromatic carbocycles. The van der Waals surface area contributed by atoms with Gasteiger partial charge in [0.15, 0.2) is 0 Å². The highest BCUT2D eigenvalue weighted by Gasteiger charge is 2.51. The first-order valence-electron chi connectivity index (χ1n) is 9.47. The largest absolute Gasteiger partial charge is 0.379 e. The molecule has 6 heteroatoms. The summed E-state index contributed by atoms with van der Waals surface area (Å²) in [5.41, 5.74) is 0.597. The number of carbonyl (C=O) groups excluding carboxylic acids is 2. The lowest BCUT2D eigenvalue weighted by molar-refractivity contribution is -0.162. The summed E-state index contributed by atoms with van der Waals surface area (Å²) in [6.45, 7) is 3.34. The number of hydrogen-bond acceptors (Lipinski definition) is 5.